The third kappa shape index (κ3) is 4.34. The molecule has 1 N–H and O–H groups in total. The molecule has 0 atom stereocenters. The summed E-state index contributed by atoms with van der Waals surface area (Å²) in [5.74, 6) is 0.436. The van der Waals surface area contributed by atoms with Crippen LogP contribution in [0.5, 0.6) is 5.75 Å². The largest absolute Gasteiger partial charge is 0.506 e. The van der Waals surface area contributed by atoms with Gasteiger partial charge in [-0.1, -0.05) is 23.7 Å². The van der Waals surface area contributed by atoms with Gasteiger partial charge in [0, 0.05) is 35.4 Å². The number of nitrogens with zero attached hydrogens (tertiary/aromatic N) is 3. The van der Waals surface area contributed by atoms with Gasteiger partial charge in [0.25, 0.3) is 5.69 Å². The highest BCUT2D eigenvalue weighted by Gasteiger charge is 2.14. The van der Waals surface area contributed by atoms with Crippen molar-refractivity contribution in [1.82, 2.24) is 4.98 Å². The van der Waals surface area contributed by atoms with Gasteiger partial charge in [-0.05, 0) is 51.8 Å². The number of hydrogen-bond donors (Lipinski definition) is 1. The van der Waals surface area contributed by atoms with Crippen LogP contribution in [0.2, 0.25) is 5.02 Å². The standard InChI is InChI=1S/C21H13BrClN3O4/c22-17-10-16(26(28)29)8-13(21(17)27)11-24-15-5-6-19-18(9-15)25-20(30-19)7-12-1-3-14(23)4-2-12/h1-6,8-11,27H,7H2. The first kappa shape index (κ1) is 20.1. The molecule has 0 aliphatic heterocycles. The number of aromatic nitrogens is 1. The minimum atomic E-state index is -0.537. The predicted molar refractivity (Wildman–Crippen MR) is 118 cm³/mol. The molecule has 0 fully saturated rings. The molecule has 150 valence electrons. The molecule has 7 nitrogen and oxygen atoms in total. The van der Waals surface area contributed by atoms with Crippen LogP contribution in [0.15, 0.2) is 68.5 Å². The van der Waals surface area contributed by atoms with Crippen LogP contribution in [0.1, 0.15) is 17.0 Å². The molecule has 9 heteroatoms. The van der Waals surface area contributed by atoms with E-state index in [1.807, 2.05) is 24.3 Å². The van der Waals surface area contributed by atoms with Gasteiger partial charge in [-0.3, -0.25) is 15.1 Å². The van der Waals surface area contributed by atoms with E-state index in [2.05, 4.69) is 25.9 Å². The average Bonchev–Trinajstić information content (AvgIpc) is 3.12. The number of phenols is 1. The monoisotopic (exact) mass is 485 g/mol. The molecule has 30 heavy (non-hydrogen) atoms. The lowest BCUT2D eigenvalue weighted by molar-refractivity contribution is -0.385. The van der Waals surface area contributed by atoms with Crippen LogP contribution < -0.4 is 0 Å². The minimum absolute atomic E-state index is 0.128. The van der Waals surface area contributed by atoms with E-state index >= 15 is 0 Å². The van der Waals surface area contributed by atoms with Crippen molar-refractivity contribution >= 4 is 56.2 Å². The van der Waals surface area contributed by atoms with E-state index in [-0.39, 0.29) is 21.5 Å². The number of oxazole rings is 1. The Bertz CT molecular complexity index is 1290. The molecule has 0 saturated carbocycles. The summed E-state index contributed by atoms with van der Waals surface area (Å²) in [5.41, 5.74) is 2.92. The fourth-order valence-corrected chi connectivity index (χ4v) is 3.44. The van der Waals surface area contributed by atoms with Gasteiger partial charge in [0.05, 0.1) is 15.1 Å². The highest BCUT2D eigenvalue weighted by atomic mass is 79.9. The van der Waals surface area contributed by atoms with E-state index in [9.17, 15) is 15.2 Å². The highest BCUT2D eigenvalue weighted by molar-refractivity contribution is 9.10. The van der Waals surface area contributed by atoms with E-state index in [0.717, 1.165) is 5.56 Å². The first-order valence-electron chi connectivity index (χ1n) is 8.74. The molecule has 0 saturated heterocycles. The Kier molecular flexibility index (Phi) is 5.52. The first-order valence-corrected chi connectivity index (χ1v) is 9.91. The number of halogens is 2. The summed E-state index contributed by atoms with van der Waals surface area (Å²) < 4.78 is 6.00. The Hall–Kier alpha value is -3.23. The van der Waals surface area contributed by atoms with Crippen LogP contribution in [0.4, 0.5) is 11.4 Å². The van der Waals surface area contributed by atoms with Crippen molar-refractivity contribution in [3.8, 4) is 5.75 Å². The number of aromatic hydroxyl groups is 1. The summed E-state index contributed by atoms with van der Waals surface area (Å²) in [6.45, 7) is 0. The summed E-state index contributed by atoms with van der Waals surface area (Å²) in [4.78, 5) is 19.3. The van der Waals surface area contributed by atoms with Gasteiger partial charge >= 0.3 is 0 Å². The van der Waals surface area contributed by atoms with Crippen molar-refractivity contribution in [1.29, 1.82) is 0 Å². The molecule has 0 spiro atoms. The van der Waals surface area contributed by atoms with E-state index in [0.29, 0.717) is 34.1 Å². The zero-order valence-corrected chi connectivity index (χ0v) is 17.6. The number of non-ortho nitro benzene ring substituents is 1. The second-order valence-corrected chi connectivity index (χ2v) is 7.73. The Morgan fingerprint density at radius 2 is 1.97 bits per heavy atom. The van der Waals surface area contributed by atoms with Crippen molar-refractivity contribution in [2.24, 2.45) is 4.99 Å². The molecule has 0 unspecified atom stereocenters. The van der Waals surface area contributed by atoms with Crippen LogP contribution in [0.25, 0.3) is 11.1 Å². The molecule has 0 aliphatic carbocycles. The van der Waals surface area contributed by atoms with Gasteiger partial charge in [0.15, 0.2) is 11.5 Å². The lowest BCUT2D eigenvalue weighted by atomic mass is 10.1. The number of rotatable bonds is 5. The van der Waals surface area contributed by atoms with Crippen LogP contribution in [-0.2, 0) is 6.42 Å². The molecule has 0 amide bonds. The Morgan fingerprint density at radius 1 is 1.20 bits per heavy atom. The van der Waals surface area contributed by atoms with Gasteiger partial charge in [-0.2, -0.15) is 0 Å². The fraction of sp³-hybridized carbons (Fsp3) is 0.0476. The van der Waals surface area contributed by atoms with Gasteiger partial charge in [0.2, 0.25) is 0 Å². The van der Waals surface area contributed by atoms with E-state index in [1.54, 1.807) is 18.2 Å². The zero-order chi connectivity index (χ0) is 21.3. The molecule has 4 rings (SSSR count). The van der Waals surface area contributed by atoms with Crippen molar-refractivity contribution in [3.63, 3.8) is 0 Å². The second-order valence-electron chi connectivity index (χ2n) is 6.44. The Labute approximate surface area is 183 Å². The fourth-order valence-electron chi connectivity index (χ4n) is 2.85. The number of nitro benzene ring substituents is 1. The van der Waals surface area contributed by atoms with Crippen molar-refractivity contribution in [2.45, 2.75) is 6.42 Å². The maximum Gasteiger partial charge on any atom is 0.271 e. The summed E-state index contributed by atoms with van der Waals surface area (Å²) in [5, 5.41) is 21.8. The zero-order valence-electron chi connectivity index (χ0n) is 15.3. The van der Waals surface area contributed by atoms with Crippen molar-refractivity contribution < 1.29 is 14.4 Å². The molecule has 0 radical (unpaired) electrons. The summed E-state index contributed by atoms with van der Waals surface area (Å²) in [6.07, 6.45) is 1.89. The van der Waals surface area contributed by atoms with Gasteiger partial charge in [-0.15, -0.1) is 0 Å². The average molecular weight is 487 g/mol. The van der Waals surface area contributed by atoms with Gasteiger partial charge in [-0.25, -0.2) is 4.98 Å². The molecule has 0 bridgehead atoms. The number of phenolic OH excluding ortho intramolecular Hbond substituents is 1. The predicted octanol–water partition coefficient (Wildman–Crippen LogP) is 6.20. The van der Waals surface area contributed by atoms with Crippen molar-refractivity contribution in [2.75, 3.05) is 0 Å². The highest BCUT2D eigenvalue weighted by Crippen LogP contribution is 2.32. The third-order valence-corrected chi connectivity index (χ3v) is 5.18. The van der Waals surface area contributed by atoms with E-state index < -0.39 is 4.92 Å². The number of fused-ring (bicyclic) bond motifs is 1. The number of hydrogen-bond acceptors (Lipinski definition) is 6. The molecule has 1 heterocycles. The van der Waals surface area contributed by atoms with Gasteiger partial charge in [0.1, 0.15) is 11.3 Å². The smallest absolute Gasteiger partial charge is 0.271 e. The third-order valence-electron chi connectivity index (χ3n) is 4.33. The summed E-state index contributed by atoms with van der Waals surface area (Å²) in [6, 6.07) is 15.2. The maximum atomic E-state index is 11.0. The lowest BCUT2D eigenvalue weighted by Gasteiger charge is -2.02. The molecule has 1 aromatic heterocycles. The van der Waals surface area contributed by atoms with E-state index in [1.165, 1.54) is 18.3 Å². The van der Waals surface area contributed by atoms with Crippen LogP contribution in [-0.4, -0.2) is 21.2 Å². The summed E-state index contributed by atoms with van der Waals surface area (Å²) in [7, 11) is 0. The van der Waals surface area contributed by atoms with Crippen LogP contribution >= 0.6 is 27.5 Å². The number of aliphatic imine (C=N–C) groups is 1. The van der Waals surface area contributed by atoms with Crippen molar-refractivity contribution in [3.05, 3.63) is 91.2 Å². The maximum absolute atomic E-state index is 11.0. The quantitative estimate of drug-likeness (QED) is 0.206. The molecular weight excluding hydrogens is 474 g/mol. The van der Waals surface area contributed by atoms with Crippen LogP contribution in [0.3, 0.4) is 0 Å². The molecule has 0 aliphatic rings. The Morgan fingerprint density at radius 3 is 2.70 bits per heavy atom. The minimum Gasteiger partial charge on any atom is -0.506 e. The molecule has 3 aromatic carbocycles. The number of benzene rings is 3. The van der Waals surface area contributed by atoms with Gasteiger partial charge < -0.3 is 9.52 Å². The first-order chi connectivity index (χ1) is 14.4. The Balaban J connectivity index is 1.60. The SMILES string of the molecule is O=[N+]([O-])c1cc(Br)c(O)c(C=Nc2ccc3oc(Cc4ccc(Cl)cc4)nc3c2)c1. The topological polar surface area (TPSA) is 102 Å². The summed E-state index contributed by atoms with van der Waals surface area (Å²) >= 11 is 9.02. The number of nitro groups is 1. The van der Waals surface area contributed by atoms with E-state index in [4.69, 9.17) is 16.0 Å². The molecule has 4 aromatic rings. The normalized spacial score (nSPS) is 11.4. The molecular formula is C21H13BrClN3O4. The van der Waals surface area contributed by atoms with Crippen LogP contribution in [0, 0.1) is 10.1 Å². The second kappa shape index (κ2) is 8.25. The lowest BCUT2D eigenvalue weighted by Crippen LogP contribution is -1.91.